The summed E-state index contributed by atoms with van der Waals surface area (Å²) in [6, 6.07) is 1.10. The van der Waals surface area contributed by atoms with Crippen LogP contribution in [0.5, 0.6) is 0 Å². The number of aliphatic hydroxyl groups is 1. The summed E-state index contributed by atoms with van der Waals surface area (Å²) < 4.78 is 37.4. The highest BCUT2D eigenvalue weighted by Gasteiger charge is 2.17. The van der Waals surface area contributed by atoms with Gasteiger partial charge in [0.1, 0.15) is 5.69 Å². The van der Waals surface area contributed by atoms with Crippen LogP contribution in [0, 0.1) is 5.95 Å². The van der Waals surface area contributed by atoms with Crippen LogP contribution in [-0.2, 0) is 13.2 Å². The number of aliphatic hydroxyl groups excluding tert-OH is 1. The fourth-order valence-corrected chi connectivity index (χ4v) is 1.06. The Kier molecular flexibility index (Phi) is 3.43. The van der Waals surface area contributed by atoms with Crippen molar-refractivity contribution in [2.24, 2.45) is 5.73 Å². The van der Waals surface area contributed by atoms with E-state index in [-0.39, 0.29) is 17.7 Å². The van der Waals surface area contributed by atoms with E-state index in [1.54, 1.807) is 0 Å². The Bertz CT molecular complexity index is 331. The van der Waals surface area contributed by atoms with Crippen LogP contribution >= 0.6 is 0 Å². The van der Waals surface area contributed by atoms with Gasteiger partial charge in [-0.15, -0.1) is 0 Å². The maximum Gasteiger partial charge on any atom is 0.280 e. The van der Waals surface area contributed by atoms with Crippen LogP contribution in [0.1, 0.15) is 23.2 Å². The number of hydrogen-bond donors (Lipinski definition) is 2. The summed E-state index contributed by atoms with van der Waals surface area (Å²) in [7, 11) is 0. The van der Waals surface area contributed by atoms with Crippen LogP contribution in [-0.4, -0.2) is 10.1 Å². The molecule has 0 spiro atoms. The van der Waals surface area contributed by atoms with E-state index in [1.165, 1.54) is 0 Å². The Morgan fingerprint density at radius 2 is 2.07 bits per heavy atom. The predicted octanol–water partition coefficient (Wildman–Crippen LogP) is 1.11. The molecule has 0 amide bonds. The van der Waals surface area contributed by atoms with Gasteiger partial charge in [-0.3, -0.25) is 0 Å². The predicted molar refractivity (Wildman–Crippen MR) is 43.0 cm³/mol. The third-order valence-corrected chi connectivity index (χ3v) is 1.76. The summed E-state index contributed by atoms with van der Waals surface area (Å²) in [6.07, 6.45) is -2.87. The molecule has 6 heteroatoms. The summed E-state index contributed by atoms with van der Waals surface area (Å²) in [6.45, 7) is -0.755. The number of hydrogen-bond acceptors (Lipinski definition) is 3. The largest absolute Gasteiger partial charge is 0.392 e. The van der Waals surface area contributed by atoms with Gasteiger partial charge in [0.25, 0.3) is 6.43 Å². The quantitative estimate of drug-likeness (QED) is 0.728. The number of nitrogens with two attached hydrogens (primary N) is 1. The molecule has 0 atom stereocenters. The molecule has 3 N–H and O–H groups in total. The highest BCUT2D eigenvalue weighted by atomic mass is 19.3. The summed E-state index contributed by atoms with van der Waals surface area (Å²) in [5, 5.41) is 8.66. The lowest BCUT2D eigenvalue weighted by atomic mass is 10.1. The molecule has 1 rings (SSSR count). The number of aromatic nitrogens is 1. The van der Waals surface area contributed by atoms with Gasteiger partial charge in [-0.05, 0) is 11.6 Å². The number of halogens is 3. The molecule has 0 aromatic carbocycles. The molecule has 0 radical (unpaired) electrons. The molecule has 0 aliphatic heterocycles. The van der Waals surface area contributed by atoms with Crippen molar-refractivity contribution in [1.29, 1.82) is 0 Å². The molecule has 1 heterocycles. The lowest BCUT2D eigenvalue weighted by Crippen LogP contribution is -2.08. The Morgan fingerprint density at radius 3 is 2.50 bits per heavy atom. The van der Waals surface area contributed by atoms with Crippen molar-refractivity contribution in [3.63, 3.8) is 0 Å². The van der Waals surface area contributed by atoms with Crippen LogP contribution < -0.4 is 5.73 Å². The van der Waals surface area contributed by atoms with Crippen molar-refractivity contribution < 1.29 is 18.3 Å². The fraction of sp³-hybridized carbons (Fsp3) is 0.375. The van der Waals surface area contributed by atoms with E-state index >= 15 is 0 Å². The van der Waals surface area contributed by atoms with Gasteiger partial charge >= 0.3 is 0 Å². The van der Waals surface area contributed by atoms with Crippen LogP contribution in [0.4, 0.5) is 13.2 Å². The van der Waals surface area contributed by atoms with Crippen LogP contribution in [0.3, 0.4) is 0 Å². The minimum Gasteiger partial charge on any atom is -0.392 e. The van der Waals surface area contributed by atoms with E-state index in [4.69, 9.17) is 10.8 Å². The average Bonchev–Trinajstić information content (AvgIpc) is 2.17. The fourth-order valence-electron chi connectivity index (χ4n) is 1.06. The van der Waals surface area contributed by atoms with Crippen molar-refractivity contribution in [2.75, 3.05) is 0 Å². The van der Waals surface area contributed by atoms with Gasteiger partial charge in [0.15, 0.2) is 0 Å². The smallest absolute Gasteiger partial charge is 0.280 e. The summed E-state index contributed by atoms with van der Waals surface area (Å²) in [4.78, 5) is 3.06. The number of pyridine rings is 1. The number of alkyl halides is 2. The second-order valence-corrected chi connectivity index (χ2v) is 2.65. The highest BCUT2D eigenvalue weighted by molar-refractivity contribution is 5.26. The molecule has 0 fully saturated rings. The zero-order valence-electron chi connectivity index (χ0n) is 7.17. The number of rotatable bonds is 3. The molecule has 0 saturated carbocycles. The first-order valence-corrected chi connectivity index (χ1v) is 3.87. The van der Waals surface area contributed by atoms with Gasteiger partial charge in [-0.25, -0.2) is 13.8 Å². The Labute approximate surface area is 78.4 Å². The SMILES string of the molecule is NCc1cc(CO)c(F)nc1C(F)F. The normalized spacial score (nSPS) is 11.0. The standard InChI is InChI=1S/C8H9F3N2O/c9-7(10)6-4(2-12)1-5(3-14)8(11)13-6/h1,7,14H,2-3,12H2. The Morgan fingerprint density at radius 1 is 1.43 bits per heavy atom. The van der Waals surface area contributed by atoms with E-state index in [0.717, 1.165) is 6.07 Å². The van der Waals surface area contributed by atoms with Crippen LogP contribution in [0.25, 0.3) is 0 Å². The van der Waals surface area contributed by atoms with Crippen molar-refractivity contribution >= 4 is 0 Å². The third-order valence-electron chi connectivity index (χ3n) is 1.76. The van der Waals surface area contributed by atoms with Crippen molar-refractivity contribution in [3.05, 3.63) is 28.8 Å². The second kappa shape index (κ2) is 4.39. The number of nitrogens with zero attached hydrogens (tertiary/aromatic N) is 1. The summed E-state index contributed by atoms with van der Waals surface area (Å²) >= 11 is 0. The molecule has 0 aliphatic rings. The van der Waals surface area contributed by atoms with Crippen molar-refractivity contribution in [1.82, 2.24) is 4.98 Å². The van der Waals surface area contributed by atoms with Gasteiger partial charge in [0.05, 0.1) is 6.61 Å². The lowest BCUT2D eigenvalue weighted by molar-refractivity contribution is 0.143. The molecule has 1 aromatic heterocycles. The highest BCUT2D eigenvalue weighted by Crippen LogP contribution is 2.22. The minimum atomic E-state index is -2.87. The van der Waals surface area contributed by atoms with Crippen LogP contribution in [0.2, 0.25) is 0 Å². The van der Waals surface area contributed by atoms with E-state index < -0.39 is 24.7 Å². The van der Waals surface area contributed by atoms with Crippen molar-refractivity contribution in [3.8, 4) is 0 Å². The molecular weight excluding hydrogens is 197 g/mol. The summed E-state index contributed by atoms with van der Waals surface area (Å²) in [5.74, 6) is -1.08. The average molecular weight is 206 g/mol. The Balaban J connectivity index is 3.24. The van der Waals surface area contributed by atoms with E-state index in [2.05, 4.69) is 4.98 Å². The molecule has 78 valence electrons. The monoisotopic (exact) mass is 206 g/mol. The first kappa shape index (κ1) is 10.9. The zero-order chi connectivity index (χ0) is 10.7. The zero-order valence-corrected chi connectivity index (χ0v) is 7.17. The van der Waals surface area contributed by atoms with Crippen LogP contribution in [0.15, 0.2) is 6.07 Å². The van der Waals surface area contributed by atoms with Gasteiger partial charge in [0, 0.05) is 12.1 Å². The molecule has 0 unspecified atom stereocenters. The molecule has 3 nitrogen and oxygen atoms in total. The lowest BCUT2D eigenvalue weighted by Gasteiger charge is -2.08. The molecule has 1 aromatic rings. The third kappa shape index (κ3) is 2.02. The first-order valence-electron chi connectivity index (χ1n) is 3.87. The molecular formula is C8H9F3N2O. The van der Waals surface area contributed by atoms with E-state index in [9.17, 15) is 13.2 Å². The second-order valence-electron chi connectivity index (χ2n) is 2.65. The molecule has 0 saturated heterocycles. The molecule has 0 bridgehead atoms. The maximum absolute atomic E-state index is 12.9. The van der Waals surface area contributed by atoms with Gasteiger partial charge in [-0.1, -0.05) is 0 Å². The van der Waals surface area contributed by atoms with E-state index in [1.807, 2.05) is 0 Å². The molecule has 14 heavy (non-hydrogen) atoms. The maximum atomic E-state index is 12.9. The minimum absolute atomic E-state index is 0.0467. The summed E-state index contributed by atoms with van der Waals surface area (Å²) in [5.41, 5.74) is 4.44. The van der Waals surface area contributed by atoms with Crippen molar-refractivity contribution in [2.45, 2.75) is 19.6 Å². The van der Waals surface area contributed by atoms with Gasteiger partial charge < -0.3 is 10.8 Å². The first-order chi connectivity index (χ1) is 6.60. The van der Waals surface area contributed by atoms with Gasteiger partial charge in [0.2, 0.25) is 5.95 Å². The van der Waals surface area contributed by atoms with Gasteiger partial charge in [-0.2, -0.15) is 4.39 Å². The van der Waals surface area contributed by atoms with E-state index in [0.29, 0.717) is 0 Å². The molecule has 0 aliphatic carbocycles. The topological polar surface area (TPSA) is 59.1 Å². The Hall–Kier alpha value is -1.14.